The zero-order valence-electron chi connectivity index (χ0n) is 9.98. The molecule has 5 heteroatoms. The number of rotatable bonds is 3. The van der Waals surface area contributed by atoms with Crippen molar-refractivity contribution in [1.82, 2.24) is 10.2 Å². The monoisotopic (exact) mass is 254 g/mol. The maximum absolute atomic E-state index is 11.8. The van der Waals surface area contributed by atoms with E-state index in [1.165, 1.54) is 15.3 Å². The Morgan fingerprint density at radius 1 is 1.71 bits per heavy atom. The Morgan fingerprint density at radius 2 is 2.53 bits per heavy atom. The molecular formula is C12H18N2O2S. The van der Waals surface area contributed by atoms with Crippen molar-refractivity contribution in [3.63, 3.8) is 0 Å². The number of amides is 2. The molecule has 0 saturated carbocycles. The van der Waals surface area contributed by atoms with E-state index < -0.39 is 0 Å². The third kappa shape index (κ3) is 2.79. The number of fused-ring (bicyclic) bond motifs is 1. The lowest BCUT2D eigenvalue weighted by Gasteiger charge is -2.26. The molecule has 2 N–H and O–H groups in total. The molecular weight excluding hydrogens is 236 g/mol. The molecule has 1 aromatic rings. The van der Waals surface area contributed by atoms with Gasteiger partial charge in [-0.05, 0) is 36.3 Å². The second kappa shape index (κ2) is 5.51. The Hall–Kier alpha value is -1.07. The summed E-state index contributed by atoms with van der Waals surface area (Å²) in [4.78, 5) is 14.7. The molecule has 0 fully saturated rings. The van der Waals surface area contributed by atoms with Crippen LogP contribution in [0.4, 0.5) is 4.79 Å². The summed E-state index contributed by atoms with van der Waals surface area (Å²) in [6, 6.07) is 2.14. The van der Waals surface area contributed by atoms with Crippen LogP contribution < -0.4 is 5.32 Å². The maximum atomic E-state index is 11.8. The molecule has 0 radical (unpaired) electrons. The number of nitrogens with one attached hydrogen (secondary N) is 1. The summed E-state index contributed by atoms with van der Waals surface area (Å²) in [5.74, 6) is 0. The first-order valence-corrected chi connectivity index (χ1v) is 6.79. The smallest absolute Gasteiger partial charge is 0.317 e. The fourth-order valence-electron chi connectivity index (χ4n) is 2.15. The summed E-state index contributed by atoms with van der Waals surface area (Å²) >= 11 is 1.77. The van der Waals surface area contributed by atoms with Gasteiger partial charge in [0.2, 0.25) is 0 Å². The van der Waals surface area contributed by atoms with Crippen molar-refractivity contribution in [3.05, 3.63) is 21.9 Å². The van der Waals surface area contributed by atoms with Crippen LogP contribution in [0, 0.1) is 0 Å². The molecule has 0 unspecified atom stereocenters. The number of carbonyl (C=O) groups excluding carboxylic acids is 1. The normalized spacial score (nSPS) is 18.6. The van der Waals surface area contributed by atoms with Crippen LogP contribution in [-0.2, 0) is 6.42 Å². The Bertz CT molecular complexity index is 392. The van der Waals surface area contributed by atoms with E-state index >= 15 is 0 Å². The molecule has 2 rings (SSSR count). The summed E-state index contributed by atoms with van der Waals surface area (Å²) in [6.45, 7) is 0.368. The molecule has 1 aliphatic carbocycles. The molecule has 0 aromatic carbocycles. The molecule has 2 amide bonds. The largest absolute Gasteiger partial charge is 0.395 e. The summed E-state index contributed by atoms with van der Waals surface area (Å²) in [5.41, 5.74) is 1.27. The Morgan fingerprint density at radius 3 is 3.29 bits per heavy atom. The minimum atomic E-state index is -0.108. The standard InChI is InChI=1S/C12H18N2O2S/c1-14(6-7-15)12(16)13-10-3-2-4-11-9(10)5-8-17-11/h5,8,10,15H,2-4,6-7H2,1H3,(H,13,16)/t10-/m1/s1. The Balaban J connectivity index is 1.99. The highest BCUT2D eigenvalue weighted by Gasteiger charge is 2.23. The second-order valence-electron chi connectivity index (χ2n) is 4.34. The highest BCUT2D eigenvalue weighted by Crippen LogP contribution is 2.33. The first-order valence-electron chi connectivity index (χ1n) is 5.91. The quantitative estimate of drug-likeness (QED) is 0.863. The number of urea groups is 1. The van der Waals surface area contributed by atoms with Gasteiger partial charge in [0, 0.05) is 18.5 Å². The number of hydrogen-bond donors (Lipinski definition) is 2. The van der Waals surface area contributed by atoms with Crippen molar-refractivity contribution < 1.29 is 9.90 Å². The number of nitrogens with zero attached hydrogens (tertiary/aromatic N) is 1. The SMILES string of the molecule is CN(CCO)C(=O)N[C@@H]1CCCc2sccc21. The van der Waals surface area contributed by atoms with E-state index in [0.29, 0.717) is 6.54 Å². The molecule has 1 atom stereocenters. The lowest BCUT2D eigenvalue weighted by molar-refractivity contribution is 0.186. The minimum Gasteiger partial charge on any atom is -0.395 e. The van der Waals surface area contributed by atoms with Crippen molar-refractivity contribution in [1.29, 1.82) is 0 Å². The summed E-state index contributed by atoms with van der Waals surface area (Å²) in [6.07, 6.45) is 3.26. The lowest BCUT2D eigenvalue weighted by Crippen LogP contribution is -2.41. The van der Waals surface area contributed by atoms with E-state index in [9.17, 15) is 4.79 Å². The van der Waals surface area contributed by atoms with Gasteiger partial charge in [0.15, 0.2) is 0 Å². The van der Waals surface area contributed by atoms with Crippen LogP contribution in [0.2, 0.25) is 0 Å². The third-order valence-electron chi connectivity index (χ3n) is 3.13. The van der Waals surface area contributed by atoms with Gasteiger partial charge < -0.3 is 15.3 Å². The molecule has 17 heavy (non-hydrogen) atoms. The van der Waals surface area contributed by atoms with E-state index in [1.54, 1.807) is 18.4 Å². The van der Waals surface area contributed by atoms with Gasteiger partial charge >= 0.3 is 6.03 Å². The van der Waals surface area contributed by atoms with Gasteiger partial charge in [0.05, 0.1) is 12.6 Å². The second-order valence-corrected chi connectivity index (χ2v) is 5.34. The topological polar surface area (TPSA) is 52.6 Å². The van der Waals surface area contributed by atoms with Gasteiger partial charge in [-0.25, -0.2) is 4.79 Å². The fourth-order valence-corrected chi connectivity index (χ4v) is 3.13. The molecule has 0 saturated heterocycles. The molecule has 1 heterocycles. The summed E-state index contributed by atoms with van der Waals surface area (Å²) in [7, 11) is 1.70. The zero-order chi connectivity index (χ0) is 12.3. The van der Waals surface area contributed by atoms with E-state index in [1.807, 2.05) is 0 Å². The van der Waals surface area contributed by atoms with Gasteiger partial charge in [-0.1, -0.05) is 0 Å². The van der Waals surface area contributed by atoms with E-state index in [-0.39, 0.29) is 18.7 Å². The van der Waals surface area contributed by atoms with Gasteiger partial charge in [0.1, 0.15) is 0 Å². The van der Waals surface area contributed by atoms with E-state index in [4.69, 9.17) is 5.11 Å². The Kier molecular flexibility index (Phi) is 4.02. The van der Waals surface area contributed by atoms with Crippen molar-refractivity contribution in [3.8, 4) is 0 Å². The molecule has 0 spiro atoms. The summed E-state index contributed by atoms with van der Waals surface area (Å²) in [5, 5.41) is 13.9. The number of carbonyl (C=O) groups is 1. The first kappa shape index (κ1) is 12.4. The highest BCUT2D eigenvalue weighted by molar-refractivity contribution is 7.10. The van der Waals surface area contributed by atoms with Gasteiger partial charge in [-0.3, -0.25) is 0 Å². The van der Waals surface area contributed by atoms with Gasteiger partial charge in [-0.15, -0.1) is 11.3 Å². The van der Waals surface area contributed by atoms with Crippen molar-refractivity contribution in [2.45, 2.75) is 25.3 Å². The van der Waals surface area contributed by atoms with Gasteiger partial charge in [-0.2, -0.15) is 0 Å². The van der Waals surface area contributed by atoms with Crippen LogP contribution in [-0.4, -0.2) is 36.2 Å². The predicted octanol–water partition coefficient (Wildman–Crippen LogP) is 1.76. The molecule has 94 valence electrons. The highest BCUT2D eigenvalue weighted by atomic mass is 32.1. The van der Waals surface area contributed by atoms with Crippen molar-refractivity contribution in [2.24, 2.45) is 0 Å². The fraction of sp³-hybridized carbons (Fsp3) is 0.583. The third-order valence-corrected chi connectivity index (χ3v) is 4.13. The molecule has 0 aliphatic heterocycles. The Labute approximate surface area is 105 Å². The van der Waals surface area contributed by atoms with Crippen LogP contribution >= 0.6 is 11.3 Å². The van der Waals surface area contributed by atoms with Gasteiger partial charge in [0.25, 0.3) is 0 Å². The average Bonchev–Trinajstić information content (AvgIpc) is 2.78. The average molecular weight is 254 g/mol. The number of aliphatic hydroxyl groups is 1. The minimum absolute atomic E-state index is 0.00170. The maximum Gasteiger partial charge on any atom is 0.317 e. The van der Waals surface area contributed by atoms with Crippen LogP contribution in [0.15, 0.2) is 11.4 Å². The lowest BCUT2D eigenvalue weighted by atomic mass is 9.94. The van der Waals surface area contributed by atoms with Crippen molar-refractivity contribution >= 4 is 17.4 Å². The number of aliphatic hydroxyl groups excluding tert-OH is 1. The molecule has 1 aromatic heterocycles. The molecule has 4 nitrogen and oxygen atoms in total. The van der Waals surface area contributed by atoms with Crippen LogP contribution in [0.1, 0.15) is 29.3 Å². The first-order chi connectivity index (χ1) is 8.22. The number of likely N-dealkylation sites (N-methyl/N-ethyl adjacent to an activating group) is 1. The zero-order valence-corrected chi connectivity index (χ0v) is 10.8. The number of hydrogen-bond acceptors (Lipinski definition) is 3. The summed E-state index contributed by atoms with van der Waals surface area (Å²) < 4.78 is 0. The van der Waals surface area contributed by atoms with E-state index in [0.717, 1.165) is 19.3 Å². The van der Waals surface area contributed by atoms with E-state index in [2.05, 4.69) is 16.8 Å². The van der Waals surface area contributed by atoms with Crippen LogP contribution in [0.3, 0.4) is 0 Å². The van der Waals surface area contributed by atoms with Crippen LogP contribution in [0.5, 0.6) is 0 Å². The molecule has 0 bridgehead atoms. The number of aryl methyl sites for hydroxylation is 1. The molecule has 1 aliphatic rings. The van der Waals surface area contributed by atoms with Crippen molar-refractivity contribution in [2.75, 3.05) is 20.2 Å². The van der Waals surface area contributed by atoms with Crippen LogP contribution in [0.25, 0.3) is 0 Å². The predicted molar refractivity (Wildman–Crippen MR) is 68.2 cm³/mol. The number of thiophene rings is 1.